The molecule has 0 N–H and O–H groups in total. The molecule has 0 aliphatic carbocycles. The van der Waals surface area contributed by atoms with Crippen LogP contribution < -0.4 is 0 Å². The number of rotatable bonds is 1. The third-order valence-corrected chi connectivity index (χ3v) is 2.29. The van der Waals surface area contributed by atoms with Crippen molar-refractivity contribution in [1.82, 2.24) is 4.98 Å². The SMILES string of the molecule is O=[N+]([O-])c1ccc(F)c2c(Cl)nccc12. The van der Waals surface area contributed by atoms with Crippen LogP contribution in [0.4, 0.5) is 10.1 Å². The summed E-state index contributed by atoms with van der Waals surface area (Å²) in [4.78, 5) is 13.7. The second-order valence-corrected chi connectivity index (χ2v) is 3.21. The number of nitro groups is 1. The maximum absolute atomic E-state index is 13.3. The van der Waals surface area contributed by atoms with Crippen molar-refractivity contribution in [2.24, 2.45) is 0 Å². The molecule has 0 bridgehead atoms. The van der Waals surface area contributed by atoms with E-state index in [0.29, 0.717) is 0 Å². The van der Waals surface area contributed by atoms with Gasteiger partial charge in [-0.1, -0.05) is 11.6 Å². The maximum Gasteiger partial charge on any atom is 0.277 e. The lowest BCUT2D eigenvalue weighted by atomic mass is 10.1. The number of fused-ring (bicyclic) bond motifs is 1. The van der Waals surface area contributed by atoms with Gasteiger partial charge in [0.05, 0.1) is 15.7 Å². The molecule has 0 atom stereocenters. The van der Waals surface area contributed by atoms with Crippen molar-refractivity contribution in [3.8, 4) is 0 Å². The summed E-state index contributed by atoms with van der Waals surface area (Å²) in [6.07, 6.45) is 1.30. The molecule has 15 heavy (non-hydrogen) atoms. The van der Waals surface area contributed by atoms with Crippen LogP contribution in [0.3, 0.4) is 0 Å². The first kappa shape index (κ1) is 9.79. The van der Waals surface area contributed by atoms with Crippen LogP contribution in [0.15, 0.2) is 24.4 Å². The molecule has 1 heterocycles. The highest BCUT2D eigenvalue weighted by Gasteiger charge is 2.16. The Kier molecular flexibility index (Phi) is 2.24. The van der Waals surface area contributed by atoms with E-state index in [1.165, 1.54) is 12.3 Å². The van der Waals surface area contributed by atoms with Gasteiger partial charge in [0.25, 0.3) is 5.69 Å². The molecule has 0 unspecified atom stereocenters. The van der Waals surface area contributed by atoms with E-state index in [1.54, 1.807) is 0 Å². The normalized spacial score (nSPS) is 10.5. The maximum atomic E-state index is 13.3. The van der Waals surface area contributed by atoms with E-state index in [4.69, 9.17) is 11.6 Å². The predicted octanol–water partition coefficient (Wildman–Crippen LogP) is 2.94. The smallest absolute Gasteiger partial charge is 0.258 e. The number of nitrogens with zero attached hydrogens (tertiary/aromatic N) is 2. The first-order valence-electron chi connectivity index (χ1n) is 3.98. The second kappa shape index (κ2) is 3.43. The van der Waals surface area contributed by atoms with Crippen LogP contribution in [-0.4, -0.2) is 9.91 Å². The largest absolute Gasteiger partial charge is 0.277 e. The second-order valence-electron chi connectivity index (χ2n) is 2.85. The fourth-order valence-electron chi connectivity index (χ4n) is 1.36. The van der Waals surface area contributed by atoms with Crippen molar-refractivity contribution in [3.63, 3.8) is 0 Å². The van der Waals surface area contributed by atoms with Crippen molar-refractivity contribution in [1.29, 1.82) is 0 Å². The molecule has 4 nitrogen and oxygen atoms in total. The van der Waals surface area contributed by atoms with Gasteiger partial charge in [-0.25, -0.2) is 9.37 Å². The topological polar surface area (TPSA) is 56.0 Å². The molecule has 76 valence electrons. The Labute approximate surface area is 88.5 Å². The Morgan fingerprint density at radius 3 is 2.80 bits per heavy atom. The summed E-state index contributed by atoms with van der Waals surface area (Å²) < 4.78 is 13.3. The molecule has 1 aromatic heterocycles. The molecular formula is C9H4ClFN2O2. The molecule has 0 saturated carbocycles. The van der Waals surface area contributed by atoms with E-state index in [0.717, 1.165) is 12.1 Å². The fraction of sp³-hybridized carbons (Fsp3) is 0. The summed E-state index contributed by atoms with van der Waals surface area (Å²) in [6, 6.07) is 3.48. The summed E-state index contributed by atoms with van der Waals surface area (Å²) in [7, 11) is 0. The van der Waals surface area contributed by atoms with Crippen LogP contribution in [-0.2, 0) is 0 Å². The van der Waals surface area contributed by atoms with Gasteiger partial charge in [0.1, 0.15) is 11.0 Å². The zero-order valence-corrected chi connectivity index (χ0v) is 8.03. The first-order chi connectivity index (χ1) is 7.11. The number of aromatic nitrogens is 1. The Bertz CT molecular complexity index is 551. The minimum atomic E-state index is -0.617. The molecule has 0 amide bonds. The lowest BCUT2D eigenvalue weighted by molar-refractivity contribution is -0.383. The highest BCUT2D eigenvalue weighted by Crippen LogP contribution is 2.30. The molecule has 2 rings (SSSR count). The number of non-ortho nitro benzene ring substituents is 1. The van der Waals surface area contributed by atoms with Gasteiger partial charge >= 0.3 is 0 Å². The number of pyridine rings is 1. The lowest BCUT2D eigenvalue weighted by Gasteiger charge is -2.01. The Balaban J connectivity index is 2.95. The van der Waals surface area contributed by atoms with Crippen LogP contribution in [0.25, 0.3) is 10.8 Å². The molecule has 2 aromatic rings. The Morgan fingerprint density at radius 1 is 1.40 bits per heavy atom. The number of hydrogen-bond donors (Lipinski definition) is 0. The third-order valence-electron chi connectivity index (χ3n) is 2.00. The molecule has 0 radical (unpaired) electrons. The predicted molar refractivity (Wildman–Crippen MR) is 53.4 cm³/mol. The average molecular weight is 227 g/mol. The standard InChI is InChI=1S/C9H4ClFN2O2/c10-9-8-5(3-4-12-9)7(13(14)15)2-1-6(8)11/h1-4H. The van der Waals surface area contributed by atoms with Gasteiger partial charge in [-0.3, -0.25) is 10.1 Å². The van der Waals surface area contributed by atoms with Gasteiger partial charge in [0.2, 0.25) is 0 Å². The van der Waals surface area contributed by atoms with E-state index < -0.39 is 10.7 Å². The molecule has 0 aliphatic heterocycles. The van der Waals surface area contributed by atoms with Gasteiger partial charge in [0.15, 0.2) is 0 Å². The van der Waals surface area contributed by atoms with E-state index in [9.17, 15) is 14.5 Å². The summed E-state index contributed by atoms with van der Waals surface area (Å²) in [6.45, 7) is 0. The van der Waals surface area contributed by atoms with Gasteiger partial charge in [-0.05, 0) is 12.1 Å². The summed E-state index contributed by atoms with van der Waals surface area (Å²) in [5, 5.41) is 10.7. The molecule has 0 aliphatic rings. The fourth-order valence-corrected chi connectivity index (χ4v) is 1.61. The number of benzene rings is 1. The van der Waals surface area contributed by atoms with Crippen molar-refractivity contribution >= 4 is 28.1 Å². The molecular weight excluding hydrogens is 223 g/mol. The molecule has 0 saturated heterocycles. The average Bonchev–Trinajstić information content (AvgIpc) is 2.17. The van der Waals surface area contributed by atoms with E-state index >= 15 is 0 Å². The minimum Gasteiger partial charge on any atom is -0.258 e. The van der Waals surface area contributed by atoms with Crippen LogP contribution in [0.5, 0.6) is 0 Å². The van der Waals surface area contributed by atoms with Crippen molar-refractivity contribution in [2.75, 3.05) is 0 Å². The monoisotopic (exact) mass is 226 g/mol. The van der Waals surface area contributed by atoms with Crippen LogP contribution in [0.1, 0.15) is 0 Å². The molecule has 0 spiro atoms. The number of nitro benzene ring substituents is 1. The Morgan fingerprint density at radius 2 is 2.13 bits per heavy atom. The van der Waals surface area contributed by atoms with Crippen molar-refractivity contribution in [3.05, 3.63) is 45.5 Å². The highest BCUT2D eigenvalue weighted by atomic mass is 35.5. The third kappa shape index (κ3) is 1.50. The van der Waals surface area contributed by atoms with Gasteiger partial charge in [-0.15, -0.1) is 0 Å². The van der Waals surface area contributed by atoms with Gasteiger partial charge < -0.3 is 0 Å². The quantitative estimate of drug-likeness (QED) is 0.427. The summed E-state index contributed by atoms with van der Waals surface area (Å²) >= 11 is 5.67. The van der Waals surface area contributed by atoms with Gasteiger partial charge in [-0.2, -0.15) is 0 Å². The van der Waals surface area contributed by atoms with Crippen LogP contribution in [0, 0.1) is 15.9 Å². The van der Waals surface area contributed by atoms with Crippen LogP contribution >= 0.6 is 11.6 Å². The van der Waals surface area contributed by atoms with E-state index in [2.05, 4.69) is 4.98 Å². The number of hydrogen-bond acceptors (Lipinski definition) is 3. The van der Waals surface area contributed by atoms with Crippen LogP contribution in [0.2, 0.25) is 5.15 Å². The first-order valence-corrected chi connectivity index (χ1v) is 4.36. The zero-order valence-electron chi connectivity index (χ0n) is 7.28. The Hall–Kier alpha value is -1.75. The molecule has 0 fully saturated rings. The van der Waals surface area contributed by atoms with Crippen molar-refractivity contribution < 1.29 is 9.31 Å². The van der Waals surface area contributed by atoms with E-state index in [1.807, 2.05) is 0 Å². The molecule has 1 aromatic carbocycles. The summed E-state index contributed by atoms with van der Waals surface area (Å²) in [5.41, 5.74) is -0.185. The summed E-state index contributed by atoms with van der Waals surface area (Å²) in [5.74, 6) is -0.617. The highest BCUT2D eigenvalue weighted by molar-refractivity contribution is 6.34. The number of halogens is 2. The molecule has 6 heteroatoms. The minimum absolute atomic E-state index is 0.0200. The van der Waals surface area contributed by atoms with Crippen molar-refractivity contribution in [2.45, 2.75) is 0 Å². The zero-order chi connectivity index (χ0) is 11.0. The van der Waals surface area contributed by atoms with E-state index in [-0.39, 0.29) is 21.6 Å². The van der Waals surface area contributed by atoms with Gasteiger partial charge in [0, 0.05) is 12.3 Å². The lowest BCUT2D eigenvalue weighted by Crippen LogP contribution is -1.92.